The summed E-state index contributed by atoms with van der Waals surface area (Å²) >= 11 is 1.77. The average molecular weight is 258 g/mol. The number of esters is 1. The predicted molar refractivity (Wildman–Crippen MR) is 72.4 cm³/mol. The number of carbonyl (C=O) groups is 1. The first-order valence-electron chi connectivity index (χ1n) is 6.13. The van der Waals surface area contributed by atoms with E-state index in [1.807, 2.05) is 0 Å². The first kappa shape index (κ1) is 14.4. The molecule has 1 N–H and O–H groups in total. The van der Waals surface area contributed by atoms with Crippen LogP contribution in [0, 0.1) is 5.41 Å². The van der Waals surface area contributed by atoms with Crippen LogP contribution in [0.5, 0.6) is 0 Å². The van der Waals surface area contributed by atoms with E-state index in [0.29, 0.717) is 18.4 Å². The number of hydrogen-bond acceptors (Lipinski definition) is 5. The van der Waals surface area contributed by atoms with Crippen LogP contribution in [-0.2, 0) is 9.53 Å². The Labute approximate surface area is 108 Å². The molecule has 1 rings (SSSR count). The maximum atomic E-state index is 10.9. The number of nitrogens with zero attached hydrogens (tertiary/aromatic N) is 1. The van der Waals surface area contributed by atoms with Gasteiger partial charge in [0, 0.05) is 18.8 Å². The minimum atomic E-state index is -0.185. The lowest BCUT2D eigenvalue weighted by atomic mass is 9.84. The summed E-state index contributed by atoms with van der Waals surface area (Å²) < 4.78 is 4.58. The second-order valence-corrected chi connectivity index (χ2v) is 5.33. The van der Waals surface area contributed by atoms with Gasteiger partial charge in [0.1, 0.15) is 0 Å². The molecule has 5 heteroatoms. The molecular formula is C12H22N2O2S. The fourth-order valence-corrected chi connectivity index (χ4v) is 3.01. The molecule has 0 spiro atoms. The van der Waals surface area contributed by atoms with Gasteiger partial charge < -0.3 is 10.1 Å². The van der Waals surface area contributed by atoms with Gasteiger partial charge in [-0.25, -0.2) is 0 Å². The Balaban J connectivity index is 2.33. The molecule has 0 saturated heterocycles. The summed E-state index contributed by atoms with van der Waals surface area (Å²) in [4.78, 5) is 15.5. The van der Waals surface area contributed by atoms with Crippen molar-refractivity contribution >= 4 is 22.9 Å². The Bertz CT molecular complexity index is 288. The van der Waals surface area contributed by atoms with E-state index in [9.17, 15) is 4.79 Å². The van der Waals surface area contributed by atoms with Gasteiger partial charge in [0.2, 0.25) is 0 Å². The van der Waals surface area contributed by atoms with E-state index in [1.165, 1.54) is 20.0 Å². The number of rotatable bonds is 5. The van der Waals surface area contributed by atoms with Gasteiger partial charge in [0.15, 0.2) is 5.17 Å². The molecule has 1 aliphatic heterocycles. The van der Waals surface area contributed by atoms with E-state index in [-0.39, 0.29) is 5.97 Å². The maximum Gasteiger partial charge on any atom is 0.307 e. The quantitative estimate of drug-likeness (QED) is 0.767. The first-order valence-corrected chi connectivity index (χ1v) is 7.12. The van der Waals surface area contributed by atoms with Crippen LogP contribution in [0.25, 0.3) is 0 Å². The molecule has 17 heavy (non-hydrogen) atoms. The molecule has 0 aromatic heterocycles. The lowest BCUT2D eigenvalue weighted by Gasteiger charge is -2.33. The van der Waals surface area contributed by atoms with Crippen molar-refractivity contribution in [1.29, 1.82) is 0 Å². The van der Waals surface area contributed by atoms with Crippen LogP contribution in [0.2, 0.25) is 0 Å². The van der Waals surface area contributed by atoms with E-state index in [0.717, 1.165) is 17.5 Å². The van der Waals surface area contributed by atoms with Crippen molar-refractivity contribution in [3.63, 3.8) is 0 Å². The number of thioether (sulfide) groups is 1. The van der Waals surface area contributed by atoms with Crippen LogP contribution in [-0.4, -0.2) is 37.1 Å². The zero-order valence-corrected chi connectivity index (χ0v) is 11.7. The van der Waals surface area contributed by atoms with Gasteiger partial charge in [-0.15, -0.1) is 0 Å². The molecule has 0 bridgehead atoms. The fraction of sp³-hybridized carbons (Fsp3) is 0.833. The van der Waals surface area contributed by atoms with Crippen molar-refractivity contribution in [2.75, 3.05) is 26.0 Å². The molecular weight excluding hydrogens is 236 g/mol. The highest BCUT2D eigenvalue weighted by Gasteiger charge is 2.29. The van der Waals surface area contributed by atoms with Gasteiger partial charge in [0.05, 0.1) is 13.5 Å². The van der Waals surface area contributed by atoms with E-state index < -0.39 is 0 Å². The van der Waals surface area contributed by atoms with Gasteiger partial charge in [-0.05, 0) is 18.3 Å². The van der Waals surface area contributed by atoms with Crippen molar-refractivity contribution in [3.05, 3.63) is 0 Å². The molecule has 0 aromatic rings. The third kappa shape index (κ3) is 4.22. The van der Waals surface area contributed by atoms with Crippen molar-refractivity contribution < 1.29 is 9.53 Å². The molecule has 1 heterocycles. The summed E-state index contributed by atoms with van der Waals surface area (Å²) in [5.41, 5.74) is 0.373. The van der Waals surface area contributed by atoms with Crippen LogP contribution in [0.3, 0.4) is 0 Å². The van der Waals surface area contributed by atoms with E-state index >= 15 is 0 Å². The zero-order valence-electron chi connectivity index (χ0n) is 10.9. The third-order valence-electron chi connectivity index (χ3n) is 3.41. The smallest absolute Gasteiger partial charge is 0.307 e. The summed E-state index contributed by atoms with van der Waals surface area (Å²) in [5.74, 6) is 0.930. The SMILES string of the molecule is CCC1(CC)CN=C(NCCC(=O)OC)SC1. The molecule has 0 fully saturated rings. The van der Waals surface area contributed by atoms with Gasteiger partial charge >= 0.3 is 5.97 Å². The standard InChI is InChI=1S/C12H22N2O2S/c1-4-12(5-2)8-14-11(17-9-12)13-7-6-10(15)16-3/h4-9H2,1-3H3,(H,13,14). The second-order valence-electron chi connectivity index (χ2n) is 4.37. The summed E-state index contributed by atoms with van der Waals surface area (Å²) in [6, 6.07) is 0. The lowest BCUT2D eigenvalue weighted by Crippen LogP contribution is -2.35. The fourth-order valence-electron chi connectivity index (χ4n) is 1.71. The van der Waals surface area contributed by atoms with Crippen molar-refractivity contribution in [1.82, 2.24) is 5.32 Å². The van der Waals surface area contributed by atoms with Crippen molar-refractivity contribution in [2.45, 2.75) is 33.1 Å². The zero-order chi connectivity index (χ0) is 12.7. The monoisotopic (exact) mass is 258 g/mol. The molecule has 0 radical (unpaired) electrons. The molecule has 1 aliphatic rings. The number of carbonyl (C=O) groups excluding carboxylic acids is 1. The second kappa shape index (κ2) is 6.89. The molecule has 0 atom stereocenters. The van der Waals surface area contributed by atoms with Gasteiger partial charge in [0.25, 0.3) is 0 Å². The van der Waals surface area contributed by atoms with Gasteiger partial charge in [-0.1, -0.05) is 25.6 Å². The number of nitrogens with one attached hydrogen (secondary N) is 1. The first-order chi connectivity index (χ1) is 8.15. The van der Waals surface area contributed by atoms with Crippen LogP contribution in [0.4, 0.5) is 0 Å². The number of methoxy groups -OCH3 is 1. The van der Waals surface area contributed by atoms with Gasteiger partial charge in [-0.3, -0.25) is 9.79 Å². The average Bonchev–Trinajstić information content (AvgIpc) is 2.39. The predicted octanol–water partition coefficient (Wildman–Crippen LogP) is 2.05. The lowest BCUT2D eigenvalue weighted by molar-refractivity contribution is -0.140. The molecule has 0 unspecified atom stereocenters. The summed E-state index contributed by atoms with van der Waals surface area (Å²) in [5, 5.41) is 4.15. The highest BCUT2D eigenvalue weighted by molar-refractivity contribution is 8.13. The largest absolute Gasteiger partial charge is 0.469 e. The molecule has 0 amide bonds. The minimum absolute atomic E-state index is 0.185. The topological polar surface area (TPSA) is 50.7 Å². The third-order valence-corrected chi connectivity index (χ3v) is 4.71. The molecule has 0 aliphatic carbocycles. The van der Waals surface area contributed by atoms with Crippen molar-refractivity contribution in [2.24, 2.45) is 10.4 Å². The Morgan fingerprint density at radius 1 is 1.53 bits per heavy atom. The van der Waals surface area contributed by atoms with E-state index in [2.05, 4.69) is 28.9 Å². The molecule has 0 saturated carbocycles. The normalized spacial score (nSPS) is 18.4. The van der Waals surface area contributed by atoms with Crippen LogP contribution in [0.1, 0.15) is 33.1 Å². The summed E-state index contributed by atoms with van der Waals surface area (Å²) in [6.07, 6.45) is 2.74. The Morgan fingerprint density at radius 3 is 2.71 bits per heavy atom. The highest BCUT2D eigenvalue weighted by Crippen LogP contribution is 2.34. The number of amidine groups is 1. The number of aliphatic imine (C=N–C) groups is 1. The summed E-state index contributed by atoms with van der Waals surface area (Å²) in [7, 11) is 1.41. The Morgan fingerprint density at radius 2 is 2.24 bits per heavy atom. The Kier molecular flexibility index (Phi) is 5.82. The van der Waals surface area contributed by atoms with E-state index in [1.54, 1.807) is 11.8 Å². The molecule has 98 valence electrons. The number of ether oxygens (including phenoxy) is 1. The molecule has 4 nitrogen and oxygen atoms in total. The number of hydrogen-bond donors (Lipinski definition) is 1. The van der Waals surface area contributed by atoms with Gasteiger partial charge in [-0.2, -0.15) is 0 Å². The van der Waals surface area contributed by atoms with Crippen LogP contribution < -0.4 is 5.32 Å². The summed E-state index contributed by atoms with van der Waals surface area (Å²) in [6.45, 7) is 5.96. The van der Waals surface area contributed by atoms with Crippen LogP contribution in [0.15, 0.2) is 4.99 Å². The minimum Gasteiger partial charge on any atom is -0.469 e. The van der Waals surface area contributed by atoms with Crippen LogP contribution >= 0.6 is 11.8 Å². The van der Waals surface area contributed by atoms with E-state index in [4.69, 9.17) is 0 Å². The Hall–Kier alpha value is -0.710. The molecule has 0 aromatic carbocycles. The highest BCUT2D eigenvalue weighted by atomic mass is 32.2. The maximum absolute atomic E-state index is 10.9. The van der Waals surface area contributed by atoms with Crippen molar-refractivity contribution in [3.8, 4) is 0 Å².